The van der Waals surface area contributed by atoms with Crippen LogP contribution in [0.4, 0.5) is 4.79 Å². The van der Waals surface area contributed by atoms with Crippen LogP contribution >= 0.6 is 11.8 Å². The summed E-state index contributed by atoms with van der Waals surface area (Å²) < 4.78 is 5.16. The molecule has 0 bridgehead atoms. The Kier molecular flexibility index (Phi) is 6.28. The van der Waals surface area contributed by atoms with Gasteiger partial charge in [-0.1, -0.05) is 49.9 Å². The number of allylic oxidation sites excluding steroid dienone is 1. The fourth-order valence-corrected chi connectivity index (χ4v) is 3.25. The fraction of sp³-hybridized carbons (Fsp3) is 0.444. The minimum absolute atomic E-state index is 0.0329. The lowest BCUT2D eigenvalue weighted by Gasteiger charge is -2.13. The molecular formula is C18H23NO3S. The number of carbonyl (C=O) groups excluding carboxylic acids is 2. The van der Waals surface area contributed by atoms with Gasteiger partial charge in [-0.3, -0.25) is 4.79 Å². The predicted molar refractivity (Wildman–Crippen MR) is 94.1 cm³/mol. The molecule has 1 aromatic carbocycles. The Balaban J connectivity index is 2.10. The molecule has 2 rings (SSSR count). The Morgan fingerprint density at radius 1 is 1.48 bits per heavy atom. The minimum atomic E-state index is -0.263. The molecule has 0 saturated carbocycles. The number of amides is 1. The van der Waals surface area contributed by atoms with E-state index >= 15 is 0 Å². The second kappa shape index (κ2) is 8.20. The van der Waals surface area contributed by atoms with Crippen LogP contribution in [0.5, 0.6) is 0 Å². The first-order valence-electron chi connectivity index (χ1n) is 7.91. The van der Waals surface area contributed by atoms with Crippen molar-refractivity contribution >= 4 is 23.0 Å². The predicted octanol–water partition coefficient (Wildman–Crippen LogP) is 3.91. The van der Waals surface area contributed by atoms with Gasteiger partial charge in [0, 0.05) is 5.75 Å². The number of rotatable bonds is 6. The molecule has 0 unspecified atom stereocenters. The normalized spacial score (nSPS) is 17.7. The van der Waals surface area contributed by atoms with E-state index in [4.69, 9.17) is 4.74 Å². The molecule has 1 aliphatic heterocycles. The van der Waals surface area contributed by atoms with E-state index in [1.54, 1.807) is 0 Å². The third-order valence-electron chi connectivity index (χ3n) is 3.65. The van der Waals surface area contributed by atoms with Crippen molar-refractivity contribution in [2.45, 2.75) is 39.2 Å². The second-order valence-electron chi connectivity index (χ2n) is 5.78. The maximum absolute atomic E-state index is 12.2. The zero-order valence-electron chi connectivity index (χ0n) is 13.8. The minimum Gasteiger partial charge on any atom is -0.462 e. The third-order valence-corrected chi connectivity index (χ3v) is 4.56. The lowest BCUT2D eigenvalue weighted by atomic mass is 9.94. The first-order valence-corrected chi connectivity index (χ1v) is 8.89. The molecule has 23 heavy (non-hydrogen) atoms. The molecule has 1 amide bonds. The number of thioether (sulfide) groups is 1. The smallest absolute Gasteiger partial charge is 0.338 e. The number of carbonyl (C=O) groups is 2. The van der Waals surface area contributed by atoms with Crippen LogP contribution in [0.15, 0.2) is 30.4 Å². The van der Waals surface area contributed by atoms with Crippen molar-refractivity contribution < 1.29 is 14.3 Å². The standard InChI is InChI=1S/C18H23NO3S/c1-4-22-17(20)16-10-13(8-9-15(16)12(2)3)6-5-7-14-11-23-18(21)19-14/h5,7-10,12,14H,4,6,11H2,1-3H3,(H,19,21)/b7-5+/t14-/m1/s1. The molecule has 124 valence electrons. The number of ether oxygens (including phenoxy) is 1. The van der Waals surface area contributed by atoms with Crippen molar-refractivity contribution in [1.29, 1.82) is 0 Å². The largest absolute Gasteiger partial charge is 0.462 e. The Morgan fingerprint density at radius 3 is 2.87 bits per heavy atom. The van der Waals surface area contributed by atoms with Crippen molar-refractivity contribution in [1.82, 2.24) is 5.32 Å². The summed E-state index contributed by atoms with van der Waals surface area (Å²) in [4.78, 5) is 23.3. The molecule has 0 radical (unpaired) electrons. The number of esters is 1. The first kappa shape index (κ1) is 17.6. The van der Waals surface area contributed by atoms with E-state index in [-0.39, 0.29) is 23.2 Å². The molecule has 5 heteroatoms. The SMILES string of the molecule is CCOC(=O)c1cc(C/C=C/[C@@H]2CSC(=O)N2)ccc1C(C)C. The van der Waals surface area contributed by atoms with Crippen LogP contribution in [-0.2, 0) is 11.2 Å². The third kappa shape index (κ3) is 4.86. The van der Waals surface area contributed by atoms with E-state index < -0.39 is 0 Å². The van der Waals surface area contributed by atoms with E-state index in [9.17, 15) is 9.59 Å². The van der Waals surface area contributed by atoms with E-state index in [1.807, 2.05) is 37.3 Å². The molecule has 0 spiro atoms. The Bertz CT molecular complexity index is 610. The van der Waals surface area contributed by atoms with E-state index in [0.717, 1.165) is 23.3 Å². The lowest BCUT2D eigenvalue weighted by molar-refractivity contribution is 0.0524. The number of benzene rings is 1. The molecule has 1 aliphatic rings. The summed E-state index contributed by atoms with van der Waals surface area (Å²) in [6.45, 7) is 6.32. The average Bonchev–Trinajstić information content (AvgIpc) is 2.92. The van der Waals surface area contributed by atoms with Crippen molar-refractivity contribution in [3.8, 4) is 0 Å². The summed E-state index contributed by atoms with van der Waals surface area (Å²) in [5.74, 6) is 0.779. The van der Waals surface area contributed by atoms with Gasteiger partial charge in [-0.15, -0.1) is 0 Å². The monoisotopic (exact) mass is 333 g/mol. The maximum atomic E-state index is 12.2. The molecule has 1 fully saturated rings. The van der Waals surface area contributed by atoms with Gasteiger partial charge in [0.1, 0.15) is 0 Å². The van der Waals surface area contributed by atoms with Crippen molar-refractivity contribution in [2.24, 2.45) is 0 Å². The van der Waals surface area contributed by atoms with E-state index in [1.165, 1.54) is 11.8 Å². The number of nitrogens with one attached hydrogen (secondary N) is 1. The van der Waals surface area contributed by atoms with E-state index in [0.29, 0.717) is 12.2 Å². The summed E-state index contributed by atoms with van der Waals surface area (Å²) in [6, 6.07) is 6.07. The zero-order valence-corrected chi connectivity index (χ0v) is 14.6. The lowest BCUT2D eigenvalue weighted by Crippen LogP contribution is -2.23. The molecular weight excluding hydrogens is 310 g/mol. The summed E-state index contributed by atoms with van der Waals surface area (Å²) in [5, 5.41) is 2.91. The van der Waals surface area contributed by atoms with Gasteiger partial charge in [0.05, 0.1) is 18.2 Å². The molecule has 1 saturated heterocycles. The summed E-state index contributed by atoms with van der Waals surface area (Å²) in [5.41, 5.74) is 2.72. The van der Waals surface area contributed by atoms with Gasteiger partial charge < -0.3 is 10.1 Å². The molecule has 4 nitrogen and oxygen atoms in total. The van der Waals surface area contributed by atoms with Gasteiger partial charge in [0.25, 0.3) is 5.24 Å². The Morgan fingerprint density at radius 2 is 2.26 bits per heavy atom. The fourth-order valence-electron chi connectivity index (χ4n) is 2.49. The van der Waals surface area contributed by atoms with Gasteiger partial charge in [-0.2, -0.15) is 0 Å². The van der Waals surface area contributed by atoms with Crippen LogP contribution in [0, 0.1) is 0 Å². The highest BCUT2D eigenvalue weighted by Gasteiger charge is 2.18. The van der Waals surface area contributed by atoms with Gasteiger partial charge in [-0.25, -0.2) is 4.79 Å². The highest BCUT2D eigenvalue weighted by molar-refractivity contribution is 8.14. The number of hydrogen-bond acceptors (Lipinski definition) is 4. The van der Waals surface area contributed by atoms with E-state index in [2.05, 4.69) is 19.2 Å². The summed E-state index contributed by atoms with van der Waals surface area (Å²) in [7, 11) is 0. The highest BCUT2D eigenvalue weighted by Crippen LogP contribution is 2.22. The quantitative estimate of drug-likeness (QED) is 0.633. The Labute approximate surface area is 141 Å². The van der Waals surface area contributed by atoms with Crippen molar-refractivity contribution in [3.63, 3.8) is 0 Å². The van der Waals surface area contributed by atoms with Crippen LogP contribution in [0.1, 0.15) is 48.2 Å². The molecule has 1 heterocycles. The first-order chi connectivity index (χ1) is 11.0. The molecule has 1 N–H and O–H groups in total. The second-order valence-corrected chi connectivity index (χ2v) is 6.77. The molecule has 1 aromatic rings. The van der Waals surface area contributed by atoms with Crippen LogP contribution in [0.3, 0.4) is 0 Å². The average molecular weight is 333 g/mol. The summed E-state index contributed by atoms with van der Waals surface area (Å²) in [6.07, 6.45) is 4.77. The van der Waals surface area contributed by atoms with Gasteiger partial charge in [0.15, 0.2) is 0 Å². The Hall–Kier alpha value is -1.75. The van der Waals surface area contributed by atoms with Crippen molar-refractivity contribution in [3.05, 3.63) is 47.0 Å². The van der Waals surface area contributed by atoms with Gasteiger partial charge >= 0.3 is 5.97 Å². The highest BCUT2D eigenvalue weighted by atomic mass is 32.2. The zero-order chi connectivity index (χ0) is 16.8. The summed E-state index contributed by atoms with van der Waals surface area (Å²) >= 11 is 1.31. The van der Waals surface area contributed by atoms with Crippen LogP contribution in [0.2, 0.25) is 0 Å². The van der Waals surface area contributed by atoms with Crippen molar-refractivity contribution in [2.75, 3.05) is 12.4 Å². The topological polar surface area (TPSA) is 55.4 Å². The van der Waals surface area contributed by atoms with Gasteiger partial charge in [0.2, 0.25) is 0 Å². The maximum Gasteiger partial charge on any atom is 0.338 e. The molecule has 1 atom stereocenters. The van der Waals surface area contributed by atoms with Crippen LogP contribution in [-0.4, -0.2) is 29.6 Å². The van der Waals surface area contributed by atoms with Crippen LogP contribution in [0.25, 0.3) is 0 Å². The molecule has 0 aliphatic carbocycles. The van der Waals surface area contributed by atoms with Crippen LogP contribution < -0.4 is 5.32 Å². The number of hydrogen-bond donors (Lipinski definition) is 1. The molecule has 0 aromatic heterocycles. The van der Waals surface area contributed by atoms with Gasteiger partial charge in [-0.05, 0) is 36.5 Å².